The highest BCUT2D eigenvalue weighted by Crippen LogP contribution is 2.26. The third kappa shape index (κ3) is 2.83. The van der Waals surface area contributed by atoms with E-state index < -0.39 is 17.7 Å². The first kappa shape index (κ1) is 16.3. The third-order valence-corrected chi connectivity index (χ3v) is 4.60. The first-order chi connectivity index (χ1) is 11.5. The van der Waals surface area contributed by atoms with Crippen LogP contribution in [0.3, 0.4) is 0 Å². The van der Waals surface area contributed by atoms with Crippen LogP contribution in [0.25, 0.3) is 0 Å². The largest absolute Gasteiger partial charge is 0.493 e. The van der Waals surface area contributed by atoms with Crippen LogP contribution in [0.15, 0.2) is 46.2 Å². The first-order valence-corrected chi connectivity index (χ1v) is 8.16. The summed E-state index contributed by atoms with van der Waals surface area (Å²) >= 11 is 6.40. The van der Waals surface area contributed by atoms with Crippen molar-refractivity contribution < 1.29 is 19.1 Å². The monoisotopic (exact) mass is 363 g/mol. The van der Waals surface area contributed by atoms with Gasteiger partial charge < -0.3 is 9.47 Å². The molecule has 0 radical (unpaired) electrons. The number of fused-ring (bicyclic) bond motifs is 1. The van der Waals surface area contributed by atoms with Crippen LogP contribution in [0, 0.1) is 5.92 Å². The summed E-state index contributed by atoms with van der Waals surface area (Å²) in [4.78, 5) is 29.6. The van der Waals surface area contributed by atoms with Crippen LogP contribution in [-0.4, -0.2) is 41.9 Å². The predicted octanol–water partition coefficient (Wildman–Crippen LogP) is 1.65. The zero-order valence-corrected chi connectivity index (χ0v) is 14.4. The molecule has 9 heteroatoms. The minimum absolute atomic E-state index is 0.0304. The highest BCUT2D eigenvalue weighted by molar-refractivity contribution is 7.80. The lowest BCUT2D eigenvalue weighted by atomic mass is 9.94. The second kappa shape index (κ2) is 6.54. The number of hydrazine groups is 1. The summed E-state index contributed by atoms with van der Waals surface area (Å²) in [6.07, 6.45) is 3.19. The Morgan fingerprint density at radius 1 is 1.38 bits per heavy atom. The number of nitrogens with one attached hydrogen (secondary N) is 1. The lowest BCUT2D eigenvalue weighted by Crippen LogP contribution is -2.54. The molecule has 0 aromatic carbocycles. The van der Waals surface area contributed by atoms with Crippen LogP contribution in [-0.2, 0) is 14.3 Å². The molecule has 24 heavy (non-hydrogen) atoms. The molecule has 1 aliphatic heterocycles. The molecule has 1 aromatic rings. The van der Waals surface area contributed by atoms with Gasteiger partial charge in [0.2, 0.25) is 5.11 Å². The van der Waals surface area contributed by atoms with Gasteiger partial charge in [-0.2, -0.15) is 5.01 Å². The zero-order valence-electron chi connectivity index (χ0n) is 12.8. The quantitative estimate of drug-likeness (QED) is 0.823. The molecule has 124 valence electrons. The minimum Gasteiger partial charge on any atom is -0.493 e. The van der Waals surface area contributed by atoms with Crippen LogP contribution in [0.4, 0.5) is 0 Å². The molecule has 1 unspecified atom stereocenters. The fraction of sp³-hybridized carbons (Fsp3) is 0.200. The normalized spacial score (nSPS) is 19.8. The first-order valence-electron chi connectivity index (χ1n) is 6.88. The van der Waals surface area contributed by atoms with Gasteiger partial charge in [0, 0.05) is 6.08 Å². The summed E-state index contributed by atoms with van der Waals surface area (Å²) in [5.74, 6) is -0.643. The molecular weight excluding hydrogens is 350 g/mol. The summed E-state index contributed by atoms with van der Waals surface area (Å²) in [6.45, 7) is 0. The van der Waals surface area contributed by atoms with E-state index in [1.807, 2.05) is 0 Å². The smallest absolute Gasteiger partial charge is 0.280 e. The summed E-state index contributed by atoms with van der Waals surface area (Å²) < 4.78 is 10.4. The summed E-state index contributed by atoms with van der Waals surface area (Å²) in [6, 6.07) is 3.40. The SMILES string of the molecule is COC1=CC2=NC(=S)N(NC(=O)c3cccs3)C(=O)C2C=C1OC. The predicted molar refractivity (Wildman–Crippen MR) is 92.3 cm³/mol. The fourth-order valence-corrected chi connectivity index (χ4v) is 3.16. The Labute approximate surface area is 147 Å². The van der Waals surface area contributed by atoms with Gasteiger partial charge in [0.05, 0.1) is 24.8 Å². The van der Waals surface area contributed by atoms with Crippen LogP contribution >= 0.6 is 23.6 Å². The van der Waals surface area contributed by atoms with Crippen molar-refractivity contribution >= 4 is 46.2 Å². The van der Waals surface area contributed by atoms with Crippen molar-refractivity contribution in [1.29, 1.82) is 0 Å². The van der Waals surface area contributed by atoms with E-state index in [-0.39, 0.29) is 5.11 Å². The maximum atomic E-state index is 12.7. The van der Waals surface area contributed by atoms with Gasteiger partial charge in [-0.25, -0.2) is 4.99 Å². The average molecular weight is 363 g/mol. The Hall–Kier alpha value is -2.52. The van der Waals surface area contributed by atoms with E-state index in [2.05, 4.69) is 10.4 Å². The second-order valence-corrected chi connectivity index (χ2v) is 6.15. The summed E-state index contributed by atoms with van der Waals surface area (Å²) in [5.41, 5.74) is 2.95. The third-order valence-electron chi connectivity index (χ3n) is 3.46. The van der Waals surface area contributed by atoms with E-state index >= 15 is 0 Å². The van der Waals surface area contributed by atoms with Gasteiger partial charge in [-0.1, -0.05) is 6.07 Å². The Morgan fingerprint density at radius 3 is 2.75 bits per heavy atom. The standard InChI is InChI=1S/C15H13N3O4S2/c1-21-10-6-8-9(7-11(10)22-2)16-15(23)18(14(8)20)17-13(19)12-4-3-5-24-12/h3-8H,1-2H3,(H,17,19). The van der Waals surface area contributed by atoms with E-state index in [1.165, 1.54) is 25.6 Å². The number of aliphatic imine (C=N–C) groups is 1. The second-order valence-electron chi connectivity index (χ2n) is 4.84. The van der Waals surface area contributed by atoms with Gasteiger partial charge in [0.1, 0.15) is 5.92 Å². The number of amides is 2. The van der Waals surface area contributed by atoms with Crippen LogP contribution in [0.1, 0.15) is 9.67 Å². The molecule has 1 N–H and O–H groups in total. The van der Waals surface area contributed by atoms with Crippen molar-refractivity contribution in [3.63, 3.8) is 0 Å². The maximum Gasteiger partial charge on any atom is 0.280 e. The number of rotatable bonds is 4. The lowest BCUT2D eigenvalue weighted by Gasteiger charge is -2.31. The van der Waals surface area contributed by atoms with Crippen molar-refractivity contribution in [1.82, 2.24) is 10.4 Å². The van der Waals surface area contributed by atoms with Crippen molar-refractivity contribution in [3.05, 3.63) is 46.1 Å². The van der Waals surface area contributed by atoms with Crippen molar-refractivity contribution in [2.45, 2.75) is 0 Å². The van der Waals surface area contributed by atoms with Gasteiger partial charge >= 0.3 is 0 Å². The Morgan fingerprint density at radius 2 is 2.12 bits per heavy atom. The number of carbonyl (C=O) groups is 2. The number of allylic oxidation sites excluding steroid dienone is 1. The van der Waals surface area contributed by atoms with E-state index in [4.69, 9.17) is 21.7 Å². The molecule has 0 bridgehead atoms. The molecule has 3 rings (SSSR count). The van der Waals surface area contributed by atoms with Crippen molar-refractivity contribution in [2.24, 2.45) is 10.9 Å². The Bertz CT molecular complexity index is 796. The molecule has 7 nitrogen and oxygen atoms in total. The molecule has 0 saturated heterocycles. The number of thiophene rings is 1. The van der Waals surface area contributed by atoms with Crippen molar-refractivity contribution in [2.75, 3.05) is 14.2 Å². The molecular formula is C15H13N3O4S2. The molecule has 0 fully saturated rings. The van der Waals surface area contributed by atoms with Gasteiger partial charge in [0.25, 0.3) is 11.8 Å². The van der Waals surface area contributed by atoms with Crippen LogP contribution < -0.4 is 5.43 Å². The number of carbonyl (C=O) groups excluding carboxylic acids is 2. The van der Waals surface area contributed by atoms with Gasteiger partial charge in [-0.15, -0.1) is 11.3 Å². The average Bonchev–Trinajstić information content (AvgIpc) is 3.12. The molecule has 1 aromatic heterocycles. The number of hydrogen-bond acceptors (Lipinski definition) is 6. The highest BCUT2D eigenvalue weighted by Gasteiger charge is 2.38. The topological polar surface area (TPSA) is 80.2 Å². The fourth-order valence-electron chi connectivity index (χ4n) is 2.30. The van der Waals surface area contributed by atoms with Gasteiger partial charge in [0.15, 0.2) is 11.5 Å². The molecule has 1 atom stereocenters. The van der Waals surface area contributed by atoms with Crippen LogP contribution in [0.5, 0.6) is 0 Å². The lowest BCUT2D eigenvalue weighted by molar-refractivity contribution is -0.130. The number of methoxy groups -OCH3 is 2. The number of thiocarbonyl (C=S) groups is 1. The summed E-state index contributed by atoms with van der Waals surface area (Å²) in [7, 11) is 2.98. The number of ether oxygens (including phenoxy) is 2. The van der Waals surface area contributed by atoms with E-state index in [9.17, 15) is 9.59 Å². The zero-order chi connectivity index (χ0) is 17.3. The maximum absolute atomic E-state index is 12.7. The molecule has 2 amide bonds. The summed E-state index contributed by atoms with van der Waals surface area (Å²) in [5, 5.41) is 2.73. The molecule has 2 heterocycles. The number of nitrogens with zero attached hydrogens (tertiary/aromatic N) is 2. The Kier molecular flexibility index (Phi) is 4.45. The number of hydrogen-bond donors (Lipinski definition) is 1. The van der Waals surface area contributed by atoms with E-state index in [0.29, 0.717) is 22.1 Å². The van der Waals surface area contributed by atoms with Crippen LogP contribution in [0.2, 0.25) is 0 Å². The minimum atomic E-state index is -0.700. The molecule has 0 saturated carbocycles. The van der Waals surface area contributed by atoms with Gasteiger partial charge in [-0.3, -0.25) is 15.0 Å². The van der Waals surface area contributed by atoms with E-state index in [0.717, 1.165) is 5.01 Å². The van der Waals surface area contributed by atoms with Gasteiger partial charge in [-0.05, 0) is 29.7 Å². The molecule has 2 aliphatic rings. The Balaban J connectivity index is 1.88. The highest BCUT2D eigenvalue weighted by atomic mass is 32.1. The molecule has 0 spiro atoms. The van der Waals surface area contributed by atoms with Crippen molar-refractivity contribution in [3.8, 4) is 0 Å². The van der Waals surface area contributed by atoms with E-state index in [1.54, 1.807) is 29.7 Å². The molecule has 1 aliphatic carbocycles.